The minimum absolute atomic E-state index is 0.0890. The minimum Gasteiger partial charge on any atom is -0.392 e. The van der Waals surface area contributed by atoms with Crippen LogP contribution >= 0.6 is 0 Å². The Labute approximate surface area is 103 Å². The maximum atomic E-state index is 10.6. The number of aliphatic hydroxyl groups excluding tert-OH is 2. The summed E-state index contributed by atoms with van der Waals surface area (Å²) in [5, 5.41) is 37.4. The van der Waals surface area contributed by atoms with Crippen LogP contribution in [0.25, 0.3) is 0 Å². The summed E-state index contributed by atoms with van der Waals surface area (Å²) in [5.74, 6) is 0.339. The number of hydrogen-bond acceptors (Lipinski definition) is 6. The van der Waals surface area contributed by atoms with Crippen LogP contribution in [-0.4, -0.2) is 41.4 Å². The fourth-order valence-corrected chi connectivity index (χ4v) is 1.51. The first-order chi connectivity index (χ1) is 8.63. The highest BCUT2D eigenvalue weighted by Crippen LogP contribution is 2.18. The second kappa shape index (κ2) is 6.48. The normalized spacial score (nSPS) is 9.83. The molecule has 0 unspecified atom stereocenters. The van der Waals surface area contributed by atoms with Gasteiger partial charge < -0.3 is 10.2 Å². The smallest absolute Gasteiger partial charge is 0.309 e. The number of hydrogen-bond donors (Lipinski definition) is 2. The number of aromatic amines is 1. The standard InChI is InChI=1S/C10H12N4O4/c11-6-8-5-9(14(17)18)7-12-10(8)13(1-3-15)2-4-16/h5,7,15-16H,1-4H2/p+1. The van der Waals surface area contributed by atoms with E-state index in [4.69, 9.17) is 15.5 Å². The average Bonchev–Trinajstić information content (AvgIpc) is 2.37. The van der Waals surface area contributed by atoms with E-state index >= 15 is 0 Å². The zero-order chi connectivity index (χ0) is 13.5. The van der Waals surface area contributed by atoms with Gasteiger partial charge in [0.05, 0.1) is 18.1 Å². The second-order valence-corrected chi connectivity index (χ2v) is 3.42. The van der Waals surface area contributed by atoms with Crippen LogP contribution in [0.2, 0.25) is 0 Å². The van der Waals surface area contributed by atoms with Crippen molar-refractivity contribution >= 4 is 11.5 Å². The molecule has 0 aromatic carbocycles. The SMILES string of the molecule is N#Cc1cc([N+](=O)[O-])c[nH+]c1N(CCO)CCO. The summed E-state index contributed by atoms with van der Waals surface area (Å²) in [6, 6.07) is 2.99. The molecule has 1 heterocycles. The van der Waals surface area contributed by atoms with Crippen LogP contribution in [0.1, 0.15) is 5.56 Å². The topological polar surface area (TPSA) is 125 Å². The van der Waals surface area contributed by atoms with Gasteiger partial charge in [-0.3, -0.25) is 15.0 Å². The van der Waals surface area contributed by atoms with E-state index in [0.717, 1.165) is 12.3 Å². The van der Waals surface area contributed by atoms with E-state index in [1.165, 1.54) is 0 Å². The molecule has 0 aliphatic carbocycles. The van der Waals surface area contributed by atoms with Crippen molar-refractivity contribution < 1.29 is 20.1 Å². The van der Waals surface area contributed by atoms with Gasteiger partial charge in [0.15, 0.2) is 6.20 Å². The van der Waals surface area contributed by atoms with Crippen LogP contribution in [0.4, 0.5) is 11.5 Å². The lowest BCUT2D eigenvalue weighted by atomic mass is 10.2. The van der Waals surface area contributed by atoms with E-state index in [-0.39, 0.29) is 37.6 Å². The fraction of sp³-hybridized carbons (Fsp3) is 0.400. The lowest BCUT2D eigenvalue weighted by Gasteiger charge is -2.14. The number of nitrogens with zero attached hydrogens (tertiary/aromatic N) is 3. The van der Waals surface area contributed by atoms with Crippen molar-refractivity contribution in [1.29, 1.82) is 5.26 Å². The minimum atomic E-state index is -0.608. The highest BCUT2D eigenvalue weighted by Gasteiger charge is 2.22. The fourth-order valence-electron chi connectivity index (χ4n) is 1.51. The molecular formula is C10H13N4O4+. The molecule has 8 nitrogen and oxygen atoms in total. The summed E-state index contributed by atoms with van der Waals surface area (Å²) >= 11 is 0. The number of anilines is 1. The van der Waals surface area contributed by atoms with Gasteiger partial charge in [0.2, 0.25) is 0 Å². The van der Waals surface area contributed by atoms with Gasteiger partial charge in [-0.1, -0.05) is 0 Å². The van der Waals surface area contributed by atoms with Crippen molar-refractivity contribution in [2.45, 2.75) is 0 Å². The zero-order valence-electron chi connectivity index (χ0n) is 9.54. The Morgan fingerprint density at radius 1 is 1.44 bits per heavy atom. The van der Waals surface area contributed by atoms with Gasteiger partial charge in [-0.2, -0.15) is 5.26 Å². The number of nitro groups is 1. The third kappa shape index (κ3) is 3.13. The van der Waals surface area contributed by atoms with Gasteiger partial charge in [0.25, 0.3) is 5.82 Å². The van der Waals surface area contributed by atoms with Crippen molar-refractivity contribution in [3.63, 3.8) is 0 Å². The third-order valence-corrected chi connectivity index (χ3v) is 2.29. The molecular weight excluding hydrogens is 240 g/mol. The zero-order valence-corrected chi connectivity index (χ0v) is 9.54. The third-order valence-electron chi connectivity index (χ3n) is 2.29. The predicted octanol–water partition coefficient (Wildman–Crippen LogP) is -0.928. The van der Waals surface area contributed by atoms with Crippen molar-refractivity contribution in [1.82, 2.24) is 0 Å². The molecule has 0 radical (unpaired) electrons. The summed E-state index contributed by atoms with van der Waals surface area (Å²) < 4.78 is 0. The number of H-pyrrole nitrogens is 1. The maximum absolute atomic E-state index is 10.6. The van der Waals surface area contributed by atoms with Crippen LogP contribution in [0.15, 0.2) is 12.3 Å². The molecule has 0 amide bonds. The van der Waals surface area contributed by atoms with Gasteiger partial charge in [0.1, 0.15) is 24.7 Å². The van der Waals surface area contributed by atoms with Gasteiger partial charge >= 0.3 is 5.69 Å². The van der Waals surface area contributed by atoms with E-state index in [0.29, 0.717) is 5.82 Å². The second-order valence-electron chi connectivity index (χ2n) is 3.42. The van der Waals surface area contributed by atoms with Gasteiger partial charge in [-0.05, 0) is 0 Å². The van der Waals surface area contributed by atoms with Crippen LogP contribution < -0.4 is 9.88 Å². The van der Waals surface area contributed by atoms with Gasteiger partial charge in [-0.15, -0.1) is 0 Å². The number of rotatable bonds is 6. The summed E-state index contributed by atoms with van der Waals surface area (Å²) in [4.78, 5) is 14.2. The van der Waals surface area contributed by atoms with E-state index in [9.17, 15) is 10.1 Å². The van der Waals surface area contributed by atoms with Crippen LogP contribution in [0.5, 0.6) is 0 Å². The molecule has 1 aromatic rings. The molecule has 0 aliphatic heterocycles. The Balaban J connectivity index is 3.14. The van der Waals surface area contributed by atoms with Crippen molar-refractivity contribution in [3.05, 3.63) is 27.9 Å². The molecule has 3 N–H and O–H groups in total. The summed E-state index contributed by atoms with van der Waals surface area (Å²) in [5.41, 5.74) is -0.130. The predicted molar refractivity (Wildman–Crippen MR) is 60.8 cm³/mol. The Hall–Kier alpha value is -2.24. The molecule has 0 saturated heterocycles. The Bertz CT molecular complexity index is 465. The maximum Gasteiger partial charge on any atom is 0.309 e. The van der Waals surface area contributed by atoms with Crippen LogP contribution in [-0.2, 0) is 0 Å². The molecule has 1 aromatic heterocycles. The molecule has 0 saturated carbocycles. The van der Waals surface area contributed by atoms with E-state index in [2.05, 4.69) is 4.98 Å². The van der Waals surface area contributed by atoms with E-state index in [1.54, 1.807) is 4.90 Å². The number of pyridine rings is 1. The summed E-state index contributed by atoms with van der Waals surface area (Å²) in [6.07, 6.45) is 1.16. The Morgan fingerprint density at radius 2 is 2.06 bits per heavy atom. The number of nitrogens with one attached hydrogen (secondary N) is 1. The number of aromatic nitrogens is 1. The molecule has 0 fully saturated rings. The summed E-state index contributed by atoms with van der Waals surface area (Å²) in [6.45, 7) is 0.110. The molecule has 8 heteroatoms. The average molecular weight is 253 g/mol. The largest absolute Gasteiger partial charge is 0.392 e. The van der Waals surface area contributed by atoms with Crippen molar-refractivity contribution in [2.24, 2.45) is 0 Å². The highest BCUT2D eigenvalue weighted by molar-refractivity contribution is 5.53. The van der Waals surface area contributed by atoms with Crippen molar-refractivity contribution in [3.8, 4) is 6.07 Å². The molecule has 0 aliphatic rings. The lowest BCUT2D eigenvalue weighted by Crippen LogP contribution is -2.35. The highest BCUT2D eigenvalue weighted by atomic mass is 16.6. The number of nitriles is 1. The molecule has 0 spiro atoms. The van der Waals surface area contributed by atoms with Crippen LogP contribution in [0.3, 0.4) is 0 Å². The Morgan fingerprint density at radius 3 is 2.50 bits per heavy atom. The first-order valence-corrected chi connectivity index (χ1v) is 5.21. The summed E-state index contributed by atoms with van der Waals surface area (Å²) in [7, 11) is 0. The molecule has 0 atom stereocenters. The lowest BCUT2D eigenvalue weighted by molar-refractivity contribution is -0.414. The Kier molecular flexibility index (Phi) is 4.98. The quantitative estimate of drug-likeness (QED) is 0.498. The van der Waals surface area contributed by atoms with Gasteiger partial charge in [-0.25, -0.2) is 4.98 Å². The molecule has 96 valence electrons. The monoisotopic (exact) mass is 253 g/mol. The van der Waals surface area contributed by atoms with Gasteiger partial charge in [0, 0.05) is 6.07 Å². The molecule has 18 heavy (non-hydrogen) atoms. The first kappa shape index (κ1) is 13.8. The number of aliphatic hydroxyl groups is 2. The molecule has 0 bridgehead atoms. The molecule has 1 rings (SSSR count). The van der Waals surface area contributed by atoms with Crippen LogP contribution in [0, 0.1) is 21.4 Å². The van der Waals surface area contributed by atoms with Crippen molar-refractivity contribution in [2.75, 3.05) is 31.2 Å². The van der Waals surface area contributed by atoms with E-state index < -0.39 is 4.92 Å². The first-order valence-electron chi connectivity index (χ1n) is 5.21. The van der Waals surface area contributed by atoms with E-state index in [1.807, 2.05) is 6.07 Å².